The molecule has 0 radical (unpaired) electrons. The van der Waals surface area contributed by atoms with E-state index >= 15 is 0 Å². The minimum atomic E-state index is 0.555. The van der Waals surface area contributed by atoms with Gasteiger partial charge in [-0.05, 0) is 42.9 Å². The van der Waals surface area contributed by atoms with E-state index < -0.39 is 0 Å². The fourth-order valence-corrected chi connectivity index (χ4v) is 2.19. The highest BCUT2D eigenvalue weighted by molar-refractivity contribution is 9.10. The number of nitrogen functional groups attached to an aromatic ring is 1. The van der Waals surface area contributed by atoms with Crippen molar-refractivity contribution in [2.75, 3.05) is 17.6 Å². The fourth-order valence-electron chi connectivity index (χ4n) is 1.81. The van der Waals surface area contributed by atoms with Gasteiger partial charge in [0.15, 0.2) is 0 Å². The van der Waals surface area contributed by atoms with Gasteiger partial charge in [-0.15, -0.1) is 0 Å². The predicted molar refractivity (Wildman–Crippen MR) is 69.0 cm³/mol. The van der Waals surface area contributed by atoms with Crippen LogP contribution in [0.1, 0.15) is 26.2 Å². The molecule has 0 aliphatic heterocycles. The maximum atomic E-state index is 5.92. The molecule has 3 N–H and O–H groups in total. The smallest absolute Gasteiger partial charge is 0.0574 e. The number of hydrogen-bond acceptors (Lipinski definition) is 2. The van der Waals surface area contributed by atoms with Crippen LogP contribution in [0.15, 0.2) is 22.7 Å². The molecule has 0 aromatic heterocycles. The molecule has 1 aromatic rings. The molecule has 0 spiro atoms. The Hall–Kier alpha value is -0.700. The Kier molecular flexibility index (Phi) is 2.91. The number of nitrogens with one attached hydrogen (secondary N) is 1. The van der Waals surface area contributed by atoms with E-state index in [2.05, 4.69) is 28.2 Å². The Bertz CT molecular complexity index is 359. The first-order valence-electron chi connectivity index (χ1n) is 5.44. The summed E-state index contributed by atoms with van der Waals surface area (Å²) in [4.78, 5) is 0. The Labute approximate surface area is 99.4 Å². The number of benzene rings is 1. The van der Waals surface area contributed by atoms with Crippen molar-refractivity contribution in [1.82, 2.24) is 0 Å². The van der Waals surface area contributed by atoms with E-state index in [1.54, 1.807) is 0 Å². The molecule has 1 aliphatic rings. The van der Waals surface area contributed by atoms with Gasteiger partial charge in [0, 0.05) is 11.0 Å². The molecule has 2 nitrogen and oxygen atoms in total. The molecular formula is C12H17BrN2. The fraction of sp³-hybridized carbons (Fsp3) is 0.500. The van der Waals surface area contributed by atoms with Crippen LogP contribution >= 0.6 is 15.9 Å². The van der Waals surface area contributed by atoms with Gasteiger partial charge >= 0.3 is 0 Å². The molecule has 1 aliphatic carbocycles. The zero-order valence-corrected chi connectivity index (χ0v) is 10.6. The average Bonchev–Trinajstić information content (AvgIpc) is 2.97. The molecule has 0 heterocycles. The zero-order chi connectivity index (χ0) is 10.9. The predicted octanol–water partition coefficient (Wildman–Crippen LogP) is 3.63. The highest BCUT2D eigenvalue weighted by Crippen LogP contribution is 2.48. The quantitative estimate of drug-likeness (QED) is 0.819. The number of halogens is 1. The molecule has 1 fully saturated rings. The van der Waals surface area contributed by atoms with E-state index in [0.717, 1.165) is 22.4 Å². The summed E-state index contributed by atoms with van der Waals surface area (Å²) in [5.74, 6) is 0. The Morgan fingerprint density at radius 2 is 2.20 bits per heavy atom. The van der Waals surface area contributed by atoms with E-state index in [9.17, 15) is 0 Å². The maximum absolute atomic E-state index is 5.92. The van der Waals surface area contributed by atoms with Crippen molar-refractivity contribution in [2.24, 2.45) is 5.41 Å². The van der Waals surface area contributed by atoms with E-state index in [1.165, 1.54) is 19.3 Å². The molecule has 0 atom stereocenters. The molecule has 2 rings (SSSR count). The third-order valence-corrected chi connectivity index (χ3v) is 3.87. The second kappa shape index (κ2) is 4.05. The van der Waals surface area contributed by atoms with Crippen molar-refractivity contribution in [2.45, 2.75) is 26.2 Å². The van der Waals surface area contributed by atoms with Crippen molar-refractivity contribution in [3.8, 4) is 0 Å². The van der Waals surface area contributed by atoms with Crippen LogP contribution in [0.5, 0.6) is 0 Å². The number of nitrogens with two attached hydrogens (primary N) is 1. The molecule has 82 valence electrons. The lowest BCUT2D eigenvalue weighted by atomic mass is 10.0. The van der Waals surface area contributed by atoms with Crippen LogP contribution in [0.25, 0.3) is 0 Å². The Morgan fingerprint density at radius 1 is 1.47 bits per heavy atom. The average molecular weight is 269 g/mol. The molecule has 0 unspecified atom stereocenters. The first-order valence-corrected chi connectivity index (χ1v) is 6.23. The lowest BCUT2D eigenvalue weighted by Gasteiger charge is -2.15. The number of rotatable bonds is 4. The normalized spacial score (nSPS) is 17.5. The SMILES string of the molecule is CCC1(CNc2ccc(Br)cc2N)CC1. The first-order chi connectivity index (χ1) is 7.15. The van der Waals surface area contributed by atoms with E-state index in [0.29, 0.717) is 5.41 Å². The third kappa shape index (κ3) is 2.46. The molecule has 0 bridgehead atoms. The van der Waals surface area contributed by atoms with Gasteiger partial charge in [-0.1, -0.05) is 22.9 Å². The van der Waals surface area contributed by atoms with Gasteiger partial charge in [-0.2, -0.15) is 0 Å². The van der Waals surface area contributed by atoms with Crippen LogP contribution in [0.3, 0.4) is 0 Å². The van der Waals surface area contributed by atoms with Gasteiger partial charge in [-0.3, -0.25) is 0 Å². The van der Waals surface area contributed by atoms with Gasteiger partial charge < -0.3 is 11.1 Å². The Balaban J connectivity index is 1.99. The van der Waals surface area contributed by atoms with E-state index in [-0.39, 0.29) is 0 Å². The second-order valence-corrected chi connectivity index (χ2v) is 5.35. The van der Waals surface area contributed by atoms with E-state index in [4.69, 9.17) is 5.73 Å². The van der Waals surface area contributed by atoms with Gasteiger partial charge in [-0.25, -0.2) is 0 Å². The van der Waals surface area contributed by atoms with Crippen LogP contribution < -0.4 is 11.1 Å². The van der Waals surface area contributed by atoms with Crippen molar-refractivity contribution < 1.29 is 0 Å². The van der Waals surface area contributed by atoms with Crippen LogP contribution in [0.2, 0.25) is 0 Å². The summed E-state index contributed by atoms with van der Waals surface area (Å²) in [5.41, 5.74) is 8.34. The van der Waals surface area contributed by atoms with Gasteiger partial charge in [0.05, 0.1) is 11.4 Å². The highest BCUT2D eigenvalue weighted by atomic mass is 79.9. The van der Waals surface area contributed by atoms with Gasteiger partial charge in [0.1, 0.15) is 0 Å². The van der Waals surface area contributed by atoms with Gasteiger partial charge in [0.25, 0.3) is 0 Å². The molecule has 0 amide bonds. The topological polar surface area (TPSA) is 38.0 Å². The summed E-state index contributed by atoms with van der Waals surface area (Å²) in [5, 5.41) is 3.45. The molecular weight excluding hydrogens is 252 g/mol. The number of anilines is 2. The van der Waals surface area contributed by atoms with E-state index in [1.807, 2.05) is 18.2 Å². The Morgan fingerprint density at radius 3 is 2.73 bits per heavy atom. The first kappa shape index (κ1) is 10.8. The largest absolute Gasteiger partial charge is 0.397 e. The summed E-state index contributed by atoms with van der Waals surface area (Å²) < 4.78 is 1.03. The van der Waals surface area contributed by atoms with Crippen molar-refractivity contribution in [1.29, 1.82) is 0 Å². The van der Waals surface area contributed by atoms with Gasteiger partial charge in [0.2, 0.25) is 0 Å². The lowest BCUT2D eigenvalue weighted by molar-refractivity contribution is 0.521. The molecule has 15 heavy (non-hydrogen) atoms. The summed E-state index contributed by atoms with van der Waals surface area (Å²) >= 11 is 3.41. The lowest BCUT2D eigenvalue weighted by Crippen LogP contribution is -2.15. The minimum Gasteiger partial charge on any atom is -0.397 e. The second-order valence-electron chi connectivity index (χ2n) is 4.44. The third-order valence-electron chi connectivity index (χ3n) is 3.37. The van der Waals surface area contributed by atoms with Crippen LogP contribution in [-0.2, 0) is 0 Å². The van der Waals surface area contributed by atoms with Crippen molar-refractivity contribution >= 4 is 27.3 Å². The summed E-state index contributed by atoms with van der Waals surface area (Å²) in [6.45, 7) is 3.31. The summed E-state index contributed by atoms with van der Waals surface area (Å²) in [6, 6.07) is 5.99. The van der Waals surface area contributed by atoms with Crippen LogP contribution in [0.4, 0.5) is 11.4 Å². The molecule has 3 heteroatoms. The highest BCUT2D eigenvalue weighted by Gasteiger charge is 2.40. The van der Waals surface area contributed by atoms with Crippen molar-refractivity contribution in [3.05, 3.63) is 22.7 Å². The standard InChI is InChI=1S/C12H17BrN2/c1-2-12(5-6-12)8-15-11-4-3-9(13)7-10(11)14/h3-4,7,15H,2,5-6,8,14H2,1H3. The maximum Gasteiger partial charge on any atom is 0.0574 e. The van der Waals surface area contributed by atoms with Crippen LogP contribution in [-0.4, -0.2) is 6.54 Å². The number of hydrogen-bond donors (Lipinski definition) is 2. The van der Waals surface area contributed by atoms with Crippen molar-refractivity contribution in [3.63, 3.8) is 0 Å². The molecule has 1 aromatic carbocycles. The minimum absolute atomic E-state index is 0.555. The molecule has 0 saturated heterocycles. The summed E-state index contributed by atoms with van der Waals surface area (Å²) in [6.07, 6.45) is 3.97. The summed E-state index contributed by atoms with van der Waals surface area (Å²) in [7, 11) is 0. The van der Waals surface area contributed by atoms with Crippen LogP contribution in [0, 0.1) is 5.41 Å². The monoisotopic (exact) mass is 268 g/mol. The zero-order valence-electron chi connectivity index (χ0n) is 9.02. The molecule has 1 saturated carbocycles.